The molecule has 33 heavy (non-hydrogen) atoms. The largest absolute Gasteiger partial charge is 0.463 e. The zero-order valence-corrected chi connectivity index (χ0v) is 19.8. The molecular weight excluding hydrogens is 493 g/mol. The fourth-order valence-corrected chi connectivity index (χ4v) is 4.56. The molecule has 1 fully saturated rings. The van der Waals surface area contributed by atoms with E-state index in [1.807, 2.05) is 6.92 Å². The van der Waals surface area contributed by atoms with Crippen LogP contribution in [0.5, 0.6) is 0 Å². The second-order valence-corrected chi connectivity index (χ2v) is 8.83. The van der Waals surface area contributed by atoms with Gasteiger partial charge in [0.1, 0.15) is 0 Å². The molecule has 4 rings (SSSR count). The summed E-state index contributed by atoms with van der Waals surface area (Å²) in [5, 5.41) is 0.583. The van der Waals surface area contributed by atoms with Crippen molar-refractivity contribution in [3.05, 3.63) is 52.0 Å². The summed E-state index contributed by atoms with van der Waals surface area (Å²) in [4.78, 5) is 53.2. The molecule has 0 saturated carbocycles. The van der Waals surface area contributed by atoms with E-state index in [-0.39, 0.29) is 46.2 Å². The highest BCUT2D eigenvalue weighted by molar-refractivity contribution is 6.70. The third-order valence-corrected chi connectivity index (χ3v) is 6.67. The average molecular weight is 511 g/mol. The SMILES string of the molecule is COC(=O)c1ncc(N2C(=O)C3C[C@@H](C)N(C(=O)c4ccc(Cl)c(Cl)c4)CC3N=C2Cl)cn1. The van der Waals surface area contributed by atoms with Gasteiger partial charge in [0.05, 0.1) is 47.2 Å². The second-order valence-electron chi connectivity index (χ2n) is 7.67. The lowest BCUT2D eigenvalue weighted by molar-refractivity contribution is -0.124. The van der Waals surface area contributed by atoms with E-state index in [2.05, 4.69) is 19.7 Å². The van der Waals surface area contributed by atoms with Gasteiger partial charge in [-0.3, -0.25) is 19.5 Å². The number of esters is 1. The Hall–Kier alpha value is -2.75. The second kappa shape index (κ2) is 9.24. The van der Waals surface area contributed by atoms with Crippen LogP contribution in [0.4, 0.5) is 5.69 Å². The number of piperidine rings is 1. The highest BCUT2D eigenvalue weighted by Gasteiger charge is 2.45. The van der Waals surface area contributed by atoms with Crippen molar-refractivity contribution in [3.8, 4) is 0 Å². The third kappa shape index (κ3) is 4.40. The number of benzene rings is 1. The minimum atomic E-state index is -0.695. The van der Waals surface area contributed by atoms with Crippen LogP contribution in [-0.4, -0.2) is 63.7 Å². The predicted octanol–water partition coefficient (Wildman–Crippen LogP) is 3.43. The smallest absolute Gasteiger partial charge is 0.376 e. The van der Waals surface area contributed by atoms with E-state index in [0.29, 0.717) is 17.0 Å². The molecule has 0 bridgehead atoms. The molecule has 3 heterocycles. The lowest BCUT2D eigenvalue weighted by Crippen LogP contribution is -2.58. The quantitative estimate of drug-likeness (QED) is 0.463. The molecule has 2 aliphatic heterocycles. The molecule has 0 N–H and O–H groups in total. The number of aliphatic imine (C=N–C) groups is 1. The number of amidine groups is 1. The van der Waals surface area contributed by atoms with Gasteiger partial charge >= 0.3 is 5.97 Å². The fraction of sp³-hybridized carbons (Fsp3) is 0.333. The number of carbonyl (C=O) groups is 3. The molecule has 9 nitrogen and oxygen atoms in total. The van der Waals surface area contributed by atoms with E-state index in [9.17, 15) is 14.4 Å². The average Bonchev–Trinajstić information content (AvgIpc) is 2.80. The number of halogens is 3. The number of methoxy groups -OCH3 is 1. The molecule has 2 aromatic rings. The minimum Gasteiger partial charge on any atom is -0.463 e. The van der Waals surface area contributed by atoms with Gasteiger partial charge in [0.15, 0.2) is 0 Å². The van der Waals surface area contributed by atoms with Crippen molar-refractivity contribution in [2.24, 2.45) is 10.9 Å². The maximum atomic E-state index is 13.3. The number of nitrogens with zero attached hydrogens (tertiary/aromatic N) is 5. The van der Waals surface area contributed by atoms with Crippen LogP contribution in [0.2, 0.25) is 10.0 Å². The summed E-state index contributed by atoms with van der Waals surface area (Å²) in [6, 6.07) is 3.96. The van der Waals surface area contributed by atoms with Gasteiger partial charge in [-0.15, -0.1) is 0 Å². The Morgan fingerprint density at radius 2 is 1.82 bits per heavy atom. The number of ether oxygens (including phenoxy) is 1. The summed E-state index contributed by atoms with van der Waals surface area (Å²) in [7, 11) is 1.22. The molecule has 2 unspecified atom stereocenters. The highest BCUT2D eigenvalue weighted by Crippen LogP contribution is 2.34. The molecule has 3 atom stereocenters. The van der Waals surface area contributed by atoms with Crippen molar-refractivity contribution in [1.82, 2.24) is 14.9 Å². The Labute approximate surface area is 204 Å². The van der Waals surface area contributed by atoms with Gasteiger partial charge in [-0.2, -0.15) is 0 Å². The van der Waals surface area contributed by atoms with Crippen molar-refractivity contribution in [1.29, 1.82) is 0 Å². The normalized spacial score (nSPS) is 22.5. The summed E-state index contributed by atoms with van der Waals surface area (Å²) in [6.07, 6.45) is 3.01. The maximum Gasteiger partial charge on any atom is 0.376 e. The van der Waals surface area contributed by atoms with Gasteiger partial charge in [-0.25, -0.2) is 14.8 Å². The van der Waals surface area contributed by atoms with Crippen LogP contribution in [0, 0.1) is 5.92 Å². The lowest BCUT2D eigenvalue weighted by atomic mass is 9.85. The third-order valence-electron chi connectivity index (χ3n) is 5.66. The number of hydrogen-bond donors (Lipinski definition) is 0. The van der Waals surface area contributed by atoms with Gasteiger partial charge in [0.25, 0.3) is 5.91 Å². The van der Waals surface area contributed by atoms with Gasteiger partial charge < -0.3 is 9.64 Å². The van der Waals surface area contributed by atoms with Crippen LogP contribution in [0.1, 0.15) is 34.3 Å². The van der Waals surface area contributed by atoms with E-state index in [0.717, 1.165) is 0 Å². The first-order valence-electron chi connectivity index (χ1n) is 9.95. The fourth-order valence-electron chi connectivity index (χ4n) is 3.95. The van der Waals surface area contributed by atoms with Gasteiger partial charge in [0, 0.05) is 18.2 Å². The number of fused-ring (bicyclic) bond motifs is 1. The number of aromatic nitrogens is 2. The Morgan fingerprint density at radius 1 is 1.12 bits per heavy atom. The molecule has 1 saturated heterocycles. The molecule has 2 amide bonds. The summed E-state index contributed by atoms with van der Waals surface area (Å²) in [6.45, 7) is 2.09. The number of carbonyl (C=O) groups excluding carboxylic acids is 3. The van der Waals surface area contributed by atoms with Crippen LogP contribution >= 0.6 is 34.8 Å². The molecule has 2 aliphatic rings. The van der Waals surface area contributed by atoms with Crippen molar-refractivity contribution >= 4 is 63.6 Å². The zero-order chi connectivity index (χ0) is 23.9. The highest BCUT2D eigenvalue weighted by atomic mass is 35.5. The van der Waals surface area contributed by atoms with Crippen LogP contribution in [0.15, 0.2) is 35.6 Å². The molecule has 0 spiro atoms. The van der Waals surface area contributed by atoms with Gasteiger partial charge in [-0.1, -0.05) is 23.2 Å². The van der Waals surface area contributed by atoms with Crippen molar-refractivity contribution in [2.75, 3.05) is 18.6 Å². The first kappa shape index (κ1) is 23.4. The molecular formula is C21H18Cl3N5O4. The summed E-state index contributed by atoms with van der Waals surface area (Å²) in [5.74, 6) is -1.82. The van der Waals surface area contributed by atoms with E-state index in [4.69, 9.17) is 34.8 Å². The van der Waals surface area contributed by atoms with Crippen molar-refractivity contribution < 1.29 is 19.1 Å². The molecule has 12 heteroatoms. The Kier molecular flexibility index (Phi) is 6.56. The predicted molar refractivity (Wildman–Crippen MR) is 123 cm³/mol. The van der Waals surface area contributed by atoms with Crippen LogP contribution in [-0.2, 0) is 9.53 Å². The van der Waals surface area contributed by atoms with Gasteiger partial charge in [0.2, 0.25) is 17.0 Å². The van der Waals surface area contributed by atoms with E-state index in [1.54, 1.807) is 17.0 Å². The molecule has 172 valence electrons. The van der Waals surface area contributed by atoms with Gasteiger partial charge in [-0.05, 0) is 43.1 Å². The summed E-state index contributed by atoms with van der Waals surface area (Å²) >= 11 is 18.4. The topological polar surface area (TPSA) is 105 Å². The minimum absolute atomic E-state index is 0.0628. The van der Waals surface area contributed by atoms with Crippen LogP contribution < -0.4 is 4.90 Å². The Balaban J connectivity index is 1.57. The Morgan fingerprint density at radius 3 is 2.45 bits per heavy atom. The number of hydrogen-bond acceptors (Lipinski definition) is 7. The monoisotopic (exact) mass is 509 g/mol. The van der Waals surface area contributed by atoms with Crippen LogP contribution in [0.25, 0.3) is 0 Å². The van der Waals surface area contributed by atoms with Crippen LogP contribution in [0.3, 0.4) is 0 Å². The van der Waals surface area contributed by atoms with E-state index >= 15 is 0 Å². The Bertz CT molecular complexity index is 1160. The van der Waals surface area contributed by atoms with E-state index < -0.39 is 17.9 Å². The molecule has 1 aromatic carbocycles. The first-order chi connectivity index (χ1) is 15.7. The lowest BCUT2D eigenvalue weighted by Gasteiger charge is -2.44. The van der Waals surface area contributed by atoms with E-state index in [1.165, 1.54) is 30.5 Å². The number of likely N-dealkylation sites (tertiary alicyclic amines) is 1. The molecule has 0 aliphatic carbocycles. The number of amides is 2. The number of rotatable bonds is 3. The summed E-state index contributed by atoms with van der Waals surface area (Å²) < 4.78 is 4.58. The molecule has 1 aromatic heterocycles. The first-order valence-corrected chi connectivity index (χ1v) is 11.1. The van der Waals surface area contributed by atoms with Crippen molar-refractivity contribution in [3.63, 3.8) is 0 Å². The van der Waals surface area contributed by atoms with Crippen molar-refractivity contribution in [2.45, 2.75) is 25.4 Å². The zero-order valence-electron chi connectivity index (χ0n) is 17.5. The molecule has 0 radical (unpaired) electrons. The number of anilines is 1. The summed E-state index contributed by atoms with van der Waals surface area (Å²) in [5.41, 5.74) is 0.679. The standard InChI is InChI=1S/C21H18Cl3N5O4/c1-10-5-13-16(9-28(10)18(30)11-3-4-14(22)15(23)6-11)27-21(24)29(19(13)31)12-7-25-17(26-8-12)20(32)33-2/h3-4,6-8,10,13,16H,5,9H2,1-2H3/t10-,13?,16?/m1/s1. The maximum absolute atomic E-state index is 13.3.